The third-order valence-corrected chi connectivity index (χ3v) is 9.37. The SMILES string of the molecule is [C-]#[N+]Cc1sc2c(c1C)C(c1ccc(Cl)cc1)=N[C@@H](CC(=O)CCCCN1CCN(C(C)=O)CC1)c1nnc(C)n1-2. The number of ketones is 1. The van der Waals surface area contributed by atoms with Gasteiger partial charge in [0.15, 0.2) is 5.82 Å². The molecule has 1 atom stereocenters. The van der Waals surface area contributed by atoms with Crippen molar-refractivity contribution < 1.29 is 9.59 Å². The fraction of sp³-hybridized carbons (Fsp3) is 0.467. The molecule has 0 spiro atoms. The predicted molar refractivity (Wildman–Crippen MR) is 161 cm³/mol. The number of Topliss-reactive ketones (excluding diaryl/α,β-unsaturated/α-hetero) is 1. The minimum Gasteiger partial charge on any atom is -0.340 e. The third-order valence-electron chi connectivity index (χ3n) is 7.86. The van der Waals surface area contributed by atoms with E-state index in [4.69, 9.17) is 23.2 Å². The Hall–Kier alpha value is -3.39. The maximum absolute atomic E-state index is 13.3. The number of benzene rings is 1. The second kappa shape index (κ2) is 12.6. The molecule has 0 N–H and O–H groups in total. The van der Waals surface area contributed by atoms with E-state index in [-0.39, 0.29) is 18.1 Å². The first kappa shape index (κ1) is 29.1. The molecule has 5 rings (SSSR count). The number of halogens is 1. The number of hydrogen-bond acceptors (Lipinski definition) is 7. The van der Waals surface area contributed by atoms with Gasteiger partial charge in [-0.15, -0.1) is 21.5 Å². The molecule has 2 aliphatic heterocycles. The van der Waals surface area contributed by atoms with Gasteiger partial charge < -0.3 is 9.74 Å². The van der Waals surface area contributed by atoms with Crippen molar-refractivity contribution >= 4 is 40.3 Å². The van der Waals surface area contributed by atoms with Crippen LogP contribution in [-0.2, 0) is 16.1 Å². The maximum Gasteiger partial charge on any atom is 0.249 e. The number of piperazine rings is 1. The summed E-state index contributed by atoms with van der Waals surface area (Å²) in [4.78, 5) is 38.9. The summed E-state index contributed by atoms with van der Waals surface area (Å²) in [5.41, 5.74) is 3.67. The van der Waals surface area contributed by atoms with Crippen LogP contribution in [0.3, 0.4) is 0 Å². The van der Waals surface area contributed by atoms with E-state index in [1.54, 1.807) is 18.3 Å². The summed E-state index contributed by atoms with van der Waals surface area (Å²) >= 11 is 7.77. The minimum atomic E-state index is -0.475. The Morgan fingerprint density at radius 2 is 1.83 bits per heavy atom. The zero-order valence-corrected chi connectivity index (χ0v) is 25.3. The zero-order valence-electron chi connectivity index (χ0n) is 23.7. The topological polar surface area (TPSA) is 88.1 Å². The number of fused-ring (bicyclic) bond motifs is 3. The lowest BCUT2D eigenvalue weighted by Gasteiger charge is -2.34. The molecular weight excluding hydrogens is 558 g/mol. The number of aryl methyl sites for hydroxylation is 1. The number of carbonyl (C=O) groups is 2. The average molecular weight is 592 g/mol. The molecule has 2 aliphatic rings. The van der Waals surface area contributed by atoms with Crippen LogP contribution >= 0.6 is 22.9 Å². The van der Waals surface area contributed by atoms with Crippen LogP contribution in [0.25, 0.3) is 9.85 Å². The molecule has 3 aromatic rings. The van der Waals surface area contributed by atoms with E-state index in [9.17, 15) is 9.59 Å². The highest BCUT2D eigenvalue weighted by molar-refractivity contribution is 7.15. The number of unbranched alkanes of at least 4 members (excludes halogenated alkanes) is 1. The summed E-state index contributed by atoms with van der Waals surface area (Å²) in [6.07, 6.45) is 2.48. The summed E-state index contributed by atoms with van der Waals surface area (Å²) < 4.78 is 2.02. The van der Waals surface area contributed by atoms with Crippen molar-refractivity contribution in [2.24, 2.45) is 4.99 Å². The van der Waals surface area contributed by atoms with Crippen molar-refractivity contribution in [3.05, 3.63) is 73.9 Å². The normalized spacial score (nSPS) is 16.9. The Morgan fingerprint density at radius 1 is 1.10 bits per heavy atom. The standard InChI is InChI=1S/C30H34ClN7O2S/c1-19-26(18-32-4)41-30-27(19)28(22-8-10-23(31)11-9-22)33-25(29-35-34-20(2)38(29)30)17-24(40)7-5-6-12-36-13-15-37(16-14-36)21(3)39/h8-11,25H,5-7,12-18H2,1-3H3/t25-/m0/s1. The van der Waals surface area contributed by atoms with Crippen molar-refractivity contribution in [2.75, 3.05) is 32.7 Å². The number of hydrogen-bond donors (Lipinski definition) is 0. The summed E-state index contributed by atoms with van der Waals surface area (Å²) in [6, 6.07) is 7.11. The first-order valence-electron chi connectivity index (χ1n) is 14.0. The van der Waals surface area contributed by atoms with E-state index in [0.717, 1.165) is 83.7 Å². The first-order valence-corrected chi connectivity index (χ1v) is 15.2. The number of nitrogens with zero attached hydrogens (tertiary/aromatic N) is 7. The molecule has 0 radical (unpaired) electrons. The molecule has 11 heteroatoms. The van der Waals surface area contributed by atoms with Gasteiger partial charge in [0.25, 0.3) is 0 Å². The Morgan fingerprint density at radius 3 is 2.51 bits per heavy atom. The third kappa shape index (κ3) is 6.27. The van der Waals surface area contributed by atoms with E-state index < -0.39 is 6.04 Å². The Kier molecular flexibility index (Phi) is 8.97. The molecule has 1 amide bonds. The number of amides is 1. The number of carbonyl (C=O) groups excluding carboxylic acids is 2. The minimum absolute atomic E-state index is 0.135. The Bertz CT molecular complexity index is 1510. The molecule has 4 heterocycles. The molecule has 0 saturated carbocycles. The van der Waals surface area contributed by atoms with Crippen LogP contribution in [0.2, 0.25) is 5.02 Å². The lowest BCUT2D eigenvalue weighted by Crippen LogP contribution is -2.48. The van der Waals surface area contributed by atoms with E-state index in [1.165, 1.54) is 0 Å². The summed E-state index contributed by atoms with van der Waals surface area (Å²) in [6.45, 7) is 17.5. The van der Waals surface area contributed by atoms with Crippen LogP contribution < -0.4 is 0 Å². The average Bonchev–Trinajstić information content (AvgIpc) is 3.45. The van der Waals surface area contributed by atoms with E-state index >= 15 is 0 Å². The lowest BCUT2D eigenvalue weighted by atomic mass is 9.99. The second-order valence-electron chi connectivity index (χ2n) is 10.6. The van der Waals surface area contributed by atoms with Gasteiger partial charge in [0, 0.05) is 62.1 Å². The van der Waals surface area contributed by atoms with Gasteiger partial charge in [-0.1, -0.05) is 23.7 Å². The van der Waals surface area contributed by atoms with Crippen molar-refractivity contribution in [3.63, 3.8) is 0 Å². The van der Waals surface area contributed by atoms with Crippen LogP contribution in [0.5, 0.6) is 0 Å². The fourth-order valence-corrected chi connectivity index (χ4v) is 6.96. The quantitative estimate of drug-likeness (QED) is 0.252. The van der Waals surface area contributed by atoms with E-state index in [1.807, 2.05) is 47.6 Å². The number of thiophene rings is 1. The van der Waals surface area contributed by atoms with Crippen LogP contribution in [0.4, 0.5) is 0 Å². The van der Waals surface area contributed by atoms with Crippen LogP contribution in [0, 0.1) is 20.4 Å². The van der Waals surface area contributed by atoms with Gasteiger partial charge in [-0.2, -0.15) is 0 Å². The van der Waals surface area contributed by atoms with Gasteiger partial charge in [0.05, 0.1) is 10.6 Å². The molecule has 41 heavy (non-hydrogen) atoms. The second-order valence-corrected chi connectivity index (χ2v) is 12.2. The van der Waals surface area contributed by atoms with Crippen molar-refractivity contribution in [3.8, 4) is 5.00 Å². The molecule has 0 aliphatic carbocycles. The number of rotatable bonds is 9. The Labute approximate surface area is 249 Å². The van der Waals surface area contributed by atoms with Gasteiger partial charge in [-0.05, 0) is 50.9 Å². The zero-order chi connectivity index (χ0) is 29.1. The highest BCUT2D eigenvalue weighted by atomic mass is 35.5. The van der Waals surface area contributed by atoms with Crippen molar-refractivity contribution in [2.45, 2.75) is 59.0 Å². The predicted octanol–water partition coefficient (Wildman–Crippen LogP) is 5.20. The van der Waals surface area contributed by atoms with E-state index in [2.05, 4.69) is 19.9 Å². The van der Waals surface area contributed by atoms with Crippen molar-refractivity contribution in [1.82, 2.24) is 24.6 Å². The molecule has 9 nitrogen and oxygen atoms in total. The van der Waals surface area contributed by atoms with Crippen molar-refractivity contribution in [1.29, 1.82) is 0 Å². The molecule has 0 bridgehead atoms. The largest absolute Gasteiger partial charge is 0.340 e. The first-order chi connectivity index (χ1) is 19.8. The van der Waals surface area contributed by atoms with E-state index in [0.29, 0.717) is 23.8 Å². The molecule has 214 valence electrons. The highest BCUT2D eigenvalue weighted by Gasteiger charge is 2.33. The molecule has 2 aromatic heterocycles. The smallest absolute Gasteiger partial charge is 0.249 e. The summed E-state index contributed by atoms with van der Waals surface area (Å²) in [5.74, 6) is 1.67. The van der Waals surface area contributed by atoms with Crippen LogP contribution in [0.1, 0.15) is 71.9 Å². The van der Waals surface area contributed by atoms with Gasteiger partial charge in [-0.3, -0.25) is 24.0 Å². The van der Waals surface area contributed by atoms with Crippen LogP contribution in [0.15, 0.2) is 29.3 Å². The molecular formula is C30H34ClN7O2S. The maximum atomic E-state index is 13.3. The summed E-state index contributed by atoms with van der Waals surface area (Å²) in [7, 11) is 0. The van der Waals surface area contributed by atoms with Gasteiger partial charge >= 0.3 is 0 Å². The summed E-state index contributed by atoms with van der Waals surface area (Å²) in [5, 5.41) is 10.4. The highest BCUT2D eigenvalue weighted by Crippen LogP contribution is 2.40. The van der Waals surface area contributed by atoms with Gasteiger partial charge in [-0.25, -0.2) is 6.57 Å². The molecule has 1 fully saturated rings. The lowest BCUT2D eigenvalue weighted by molar-refractivity contribution is -0.130. The van der Waals surface area contributed by atoms with Crippen LogP contribution in [-0.4, -0.2) is 74.7 Å². The molecule has 0 unspecified atom stereocenters. The number of aromatic nitrogens is 3. The molecule has 1 aromatic carbocycles. The van der Waals surface area contributed by atoms with Gasteiger partial charge in [0.1, 0.15) is 22.7 Å². The number of aliphatic imine (C=N–C) groups is 1. The molecule has 1 saturated heterocycles. The monoisotopic (exact) mass is 591 g/mol. The Balaban J connectivity index is 1.35. The van der Waals surface area contributed by atoms with Gasteiger partial charge in [0.2, 0.25) is 12.5 Å². The fourth-order valence-electron chi connectivity index (χ4n) is 5.55.